The average Bonchev–Trinajstić information content (AvgIpc) is 2.28. The molecule has 0 aromatic heterocycles. The van der Waals surface area contributed by atoms with Gasteiger partial charge in [0.15, 0.2) is 0 Å². The molecule has 0 fully saturated rings. The van der Waals surface area contributed by atoms with Gasteiger partial charge in [-0.3, -0.25) is 0 Å². The van der Waals surface area contributed by atoms with E-state index in [0.29, 0.717) is 12.0 Å². The maximum Gasteiger partial charge on any atom is 0.331 e. The third-order valence-corrected chi connectivity index (χ3v) is 3.09. The summed E-state index contributed by atoms with van der Waals surface area (Å²) in [4.78, 5) is 11.0. The first-order valence-corrected chi connectivity index (χ1v) is 5.24. The third kappa shape index (κ3) is 1.58. The smallest absolute Gasteiger partial charge is 0.331 e. The van der Waals surface area contributed by atoms with Crippen molar-refractivity contribution in [3.05, 3.63) is 34.9 Å². The van der Waals surface area contributed by atoms with Crippen LogP contribution in [-0.4, -0.2) is 18.2 Å². The summed E-state index contributed by atoms with van der Waals surface area (Å²) in [7, 11) is 1.64. The summed E-state index contributed by atoms with van der Waals surface area (Å²) in [6.45, 7) is 1.86. The quantitative estimate of drug-likeness (QED) is 0.829. The van der Waals surface area contributed by atoms with Crippen LogP contribution in [0.2, 0.25) is 0 Å². The number of aliphatic carboxylic acids is 1. The van der Waals surface area contributed by atoms with Crippen molar-refractivity contribution in [2.75, 3.05) is 7.11 Å². The van der Waals surface area contributed by atoms with Gasteiger partial charge in [-0.05, 0) is 37.0 Å². The fraction of sp³-hybridized carbons (Fsp3) is 0.308. The van der Waals surface area contributed by atoms with Gasteiger partial charge in [-0.1, -0.05) is 12.1 Å². The van der Waals surface area contributed by atoms with Gasteiger partial charge in [-0.2, -0.15) is 0 Å². The molecule has 0 saturated heterocycles. The van der Waals surface area contributed by atoms with Crippen LogP contribution in [0.4, 0.5) is 0 Å². The van der Waals surface area contributed by atoms with Gasteiger partial charge >= 0.3 is 5.97 Å². The van der Waals surface area contributed by atoms with Crippen LogP contribution in [0.1, 0.15) is 24.5 Å². The predicted molar refractivity (Wildman–Crippen MR) is 61.5 cm³/mol. The molecule has 0 unspecified atom stereocenters. The summed E-state index contributed by atoms with van der Waals surface area (Å²) in [6, 6.07) is 5.76. The maximum absolute atomic E-state index is 11.0. The van der Waals surface area contributed by atoms with E-state index in [1.165, 1.54) is 0 Å². The largest absolute Gasteiger partial charge is 0.496 e. The highest BCUT2D eigenvalue weighted by Crippen LogP contribution is 2.35. The lowest BCUT2D eigenvalue weighted by Gasteiger charge is -2.21. The first kappa shape index (κ1) is 10.7. The second-order valence-electron chi connectivity index (χ2n) is 3.90. The number of benzene rings is 1. The summed E-state index contributed by atoms with van der Waals surface area (Å²) in [5.74, 6) is 0.0345. The number of allylic oxidation sites excluding steroid dienone is 1. The first-order valence-electron chi connectivity index (χ1n) is 5.24. The van der Waals surface area contributed by atoms with Crippen LogP contribution in [-0.2, 0) is 11.2 Å². The molecule has 1 aromatic rings. The van der Waals surface area contributed by atoms with E-state index in [-0.39, 0.29) is 0 Å². The van der Waals surface area contributed by atoms with Crippen LogP contribution >= 0.6 is 0 Å². The lowest BCUT2D eigenvalue weighted by Crippen LogP contribution is -2.11. The summed E-state index contributed by atoms with van der Waals surface area (Å²) in [6.07, 6.45) is 1.31. The molecule has 1 aliphatic rings. The Hall–Kier alpha value is -1.77. The second-order valence-corrected chi connectivity index (χ2v) is 3.90. The molecular weight excluding hydrogens is 204 g/mol. The van der Waals surface area contributed by atoms with E-state index < -0.39 is 5.97 Å². The van der Waals surface area contributed by atoms with E-state index in [1.807, 2.05) is 25.1 Å². The number of hydrogen-bond donors (Lipinski definition) is 1. The summed E-state index contributed by atoms with van der Waals surface area (Å²) >= 11 is 0. The number of fused-ring (bicyclic) bond motifs is 1. The number of carbonyl (C=O) groups is 1. The van der Waals surface area contributed by atoms with Gasteiger partial charge in [0.1, 0.15) is 5.75 Å². The SMILES string of the molecule is COc1cccc2c1CCC(C(=O)O)=C2C. The summed E-state index contributed by atoms with van der Waals surface area (Å²) in [5.41, 5.74) is 3.49. The molecule has 3 heteroatoms. The molecule has 0 heterocycles. The standard InChI is InChI=1S/C13H14O3/c1-8-9-4-3-5-12(16-2)11(9)7-6-10(8)13(14)15/h3-5H,6-7H2,1-2H3,(H,14,15). The van der Waals surface area contributed by atoms with Crippen molar-refractivity contribution in [3.63, 3.8) is 0 Å². The highest BCUT2D eigenvalue weighted by atomic mass is 16.5. The monoisotopic (exact) mass is 218 g/mol. The fourth-order valence-corrected chi connectivity index (χ4v) is 2.23. The van der Waals surface area contributed by atoms with Crippen molar-refractivity contribution in [3.8, 4) is 5.75 Å². The maximum atomic E-state index is 11.0. The predicted octanol–water partition coefficient (Wildman–Crippen LogP) is 2.50. The fourth-order valence-electron chi connectivity index (χ4n) is 2.23. The molecule has 3 nitrogen and oxygen atoms in total. The Kier molecular flexibility index (Phi) is 2.69. The number of carboxylic acids is 1. The molecule has 0 atom stereocenters. The Balaban J connectivity index is 2.59. The number of hydrogen-bond acceptors (Lipinski definition) is 2. The van der Waals surface area contributed by atoms with Crippen LogP contribution in [0.5, 0.6) is 5.75 Å². The molecule has 84 valence electrons. The van der Waals surface area contributed by atoms with Gasteiger partial charge in [0, 0.05) is 11.1 Å². The molecule has 1 aliphatic carbocycles. The minimum atomic E-state index is -0.814. The van der Waals surface area contributed by atoms with E-state index >= 15 is 0 Å². The van der Waals surface area contributed by atoms with Crippen molar-refractivity contribution in [1.82, 2.24) is 0 Å². The molecule has 2 rings (SSSR count). The van der Waals surface area contributed by atoms with Crippen LogP contribution in [0.15, 0.2) is 23.8 Å². The zero-order valence-electron chi connectivity index (χ0n) is 9.41. The van der Waals surface area contributed by atoms with Crippen LogP contribution in [0.25, 0.3) is 5.57 Å². The Labute approximate surface area is 94.4 Å². The van der Waals surface area contributed by atoms with Crippen molar-refractivity contribution in [2.24, 2.45) is 0 Å². The molecular formula is C13H14O3. The van der Waals surface area contributed by atoms with Crippen LogP contribution in [0, 0.1) is 0 Å². The van der Waals surface area contributed by atoms with E-state index in [4.69, 9.17) is 9.84 Å². The molecule has 0 spiro atoms. The summed E-state index contributed by atoms with van der Waals surface area (Å²) < 4.78 is 5.29. The Morgan fingerprint density at radius 1 is 1.38 bits per heavy atom. The molecule has 1 aromatic carbocycles. The topological polar surface area (TPSA) is 46.5 Å². The van der Waals surface area contributed by atoms with Crippen molar-refractivity contribution in [1.29, 1.82) is 0 Å². The molecule has 0 aliphatic heterocycles. The number of ether oxygens (including phenoxy) is 1. The van der Waals surface area contributed by atoms with Gasteiger partial charge in [-0.25, -0.2) is 4.79 Å². The number of rotatable bonds is 2. The zero-order chi connectivity index (χ0) is 11.7. The molecule has 1 N–H and O–H groups in total. The van der Waals surface area contributed by atoms with Crippen molar-refractivity contribution in [2.45, 2.75) is 19.8 Å². The highest BCUT2D eigenvalue weighted by Gasteiger charge is 2.22. The lowest BCUT2D eigenvalue weighted by molar-refractivity contribution is -0.132. The number of methoxy groups -OCH3 is 1. The summed E-state index contributed by atoms with van der Waals surface area (Å²) in [5, 5.41) is 9.07. The minimum Gasteiger partial charge on any atom is -0.496 e. The van der Waals surface area contributed by atoms with E-state index in [1.54, 1.807) is 7.11 Å². The minimum absolute atomic E-state index is 0.515. The first-order chi connectivity index (χ1) is 7.65. The van der Waals surface area contributed by atoms with Gasteiger partial charge < -0.3 is 9.84 Å². The zero-order valence-corrected chi connectivity index (χ0v) is 9.41. The second kappa shape index (κ2) is 4.00. The normalized spacial score (nSPS) is 14.6. The van der Waals surface area contributed by atoms with E-state index in [0.717, 1.165) is 28.9 Å². The van der Waals surface area contributed by atoms with Crippen molar-refractivity contribution >= 4 is 11.5 Å². The van der Waals surface area contributed by atoms with E-state index in [2.05, 4.69) is 0 Å². The molecule has 16 heavy (non-hydrogen) atoms. The highest BCUT2D eigenvalue weighted by molar-refractivity contribution is 5.97. The van der Waals surface area contributed by atoms with Crippen LogP contribution in [0.3, 0.4) is 0 Å². The van der Waals surface area contributed by atoms with Gasteiger partial charge in [0.2, 0.25) is 0 Å². The Morgan fingerprint density at radius 2 is 2.12 bits per heavy atom. The lowest BCUT2D eigenvalue weighted by atomic mass is 9.86. The van der Waals surface area contributed by atoms with Gasteiger partial charge in [0.25, 0.3) is 0 Å². The molecule has 0 amide bonds. The van der Waals surface area contributed by atoms with Crippen LogP contribution < -0.4 is 4.74 Å². The molecule has 0 bridgehead atoms. The Morgan fingerprint density at radius 3 is 2.75 bits per heavy atom. The van der Waals surface area contributed by atoms with Gasteiger partial charge in [0.05, 0.1) is 7.11 Å². The Bertz CT molecular complexity index is 472. The molecule has 0 radical (unpaired) electrons. The number of carboxylic acid groups (broad SMARTS) is 1. The molecule has 0 saturated carbocycles. The van der Waals surface area contributed by atoms with Gasteiger partial charge in [-0.15, -0.1) is 0 Å². The third-order valence-electron chi connectivity index (χ3n) is 3.09. The van der Waals surface area contributed by atoms with E-state index in [9.17, 15) is 4.79 Å². The average molecular weight is 218 g/mol. The van der Waals surface area contributed by atoms with Crippen molar-refractivity contribution < 1.29 is 14.6 Å².